The number of aromatic nitrogens is 1. The summed E-state index contributed by atoms with van der Waals surface area (Å²) in [6.07, 6.45) is 0.0546. The average Bonchev–Trinajstić information content (AvgIpc) is 2.56. The molecule has 2 aromatic rings. The first-order valence-corrected chi connectivity index (χ1v) is 5.64. The van der Waals surface area contributed by atoms with Gasteiger partial charge in [-0.3, -0.25) is 0 Å². The van der Waals surface area contributed by atoms with E-state index < -0.39 is 6.10 Å². The molecule has 0 spiro atoms. The van der Waals surface area contributed by atoms with Crippen LogP contribution in [0.4, 0.5) is 0 Å². The Labute approximate surface area is 99.4 Å². The van der Waals surface area contributed by atoms with Crippen molar-refractivity contribution >= 4 is 22.5 Å². The molecule has 16 heavy (non-hydrogen) atoms. The highest BCUT2D eigenvalue weighted by Gasteiger charge is 2.13. The van der Waals surface area contributed by atoms with Gasteiger partial charge in [-0.1, -0.05) is 11.6 Å². The number of fused-ring (bicyclic) bond motifs is 1. The van der Waals surface area contributed by atoms with E-state index in [4.69, 9.17) is 17.3 Å². The van der Waals surface area contributed by atoms with Crippen LogP contribution in [0.1, 0.15) is 18.2 Å². The van der Waals surface area contributed by atoms with Crippen molar-refractivity contribution in [1.29, 1.82) is 0 Å². The standard InChI is InChI=1S/C12H15ClN2O/c1-15-10-3-2-9(13)6-8(10)7-11(15)12(16)4-5-14/h2-3,6-7,12,16H,4-5,14H2,1H3. The molecule has 0 saturated carbocycles. The minimum Gasteiger partial charge on any atom is -0.387 e. The third kappa shape index (κ3) is 1.94. The summed E-state index contributed by atoms with van der Waals surface area (Å²) in [4.78, 5) is 0. The maximum Gasteiger partial charge on any atom is 0.0952 e. The Kier molecular flexibility index (Phi) is 3.19. The molecular formula is C12H15ClN2O. The molecule has 1 aromatic heterocycles. The van der Waals surface area contributed by atoms with Crippen molar-refractivity contribution in [2.45, 2.75) is 12.5 Å². The zero-order valence-electron chi connectivity index (χ0n) is 9.15. The molecule has 0 bridgehead atoms. The number of benzene rings is 1. The van der Waals surface area contributed by atoms with Gasteiger partial charge in [-0.15, -0.1) is 0 Å². The lowest BCUT2D eigenvalue weighted by molar-refractivity contribution is 0.162. The monoisotopic (exact) mass is 238 g/mol. The minimum atomic E-state index is -0.513. The van der Waals surface area contributed by atoms with Crippen LogP contribution in [-0.4, -0.2) is 16.2 Å². The van der Waals surface area contributed by atoms with Gasteiger partial charge in [0.2, 0.25) is 0 Å². The molecule has 3 nitrogen and oxygen atoms in total. The maximum atomic E-state index is 9.94. The molecule has 1 unspecified atom stereocenters. The molecular weight excluding hydrogens is 224 g/mol. The van der Waals surface area contributed by atoms with E-state index in [-0.39, 0.29) is 0 Å². The number of hydrogen-bond acceptors (Lipinski definition) is 2. The highest BCUT2D eigenvalue weighted by molar-refractivity contribution is 6.31. The molecule has 1 heterocycles. The normalized spacial score (nSPS) is 13.2. The van der Waals surface area contributed by atoms with E-state index in [1.54, 1.807) is 0 Å². The molecule has 0 radical (unpaired) electrons. The predicted octanol–water partition coefficient (Wildman–Crippen LogP) is 2.21. The second kappa shape index (κ2) is 4.45. The van der Waals surface area contributed by atoms with Crippen molar-refractivity contribution in [1.82, 2.24) is 4.57 Å². The summed E-state index contributed by atoms with van der Waals surface area (Å²) in [7, 11) is 1.94. The van der Waals surface area contributed by atoms with Crippen LogP contribution in [0, 0.1) is 0 Å². The van der Waals surface area contributed by atoms with Crippen LogP contribution in [0.5, 0.6) is 0 Å². The number of rotatable bonds is 3. The number of aliphatic hydroxyl groups excluding tert-OH is 1. The summed E-state index contributed by atoms with van der Waals surface area (Å²) in [5.41, 5.74) is 7.39. The highest BCUT2D eigenvalue weighted by Crippen LogP contribution is 2.26. The zero-order chi connectivity index (χ0) is 11.7. The average molecular weight is 239 g/mol. The second-order valence-corrected chi connectivity index (χ2v) is 4.36. The van der Waals surface area contributed by atoms with Gasteiger partial charge in [-0.2, -0.15) is 0 Å². The van der Waals surface area contributed by atoms with Crippen LogP contribution in [0.2, 0.25) is 5.02 Å². The van der Waals surface area contributed by atoms with Gasteiger partial charge in [0.1, 0.15) is 0 Å². The van der Waals surface area contributed by atoms with E-state index >= 15 is 0 Å². The fourth-order valence-corrected chi connectivity index (χ4v) is 2.15. The van der Waals surface area contributed by atoms with Crippen molar-refractivity contribution in [2.75, 3.05) is 6.54 Å². The first-order valence-electron chi connectivity index (χ1n) is 5.26. The number of aryl methyl sites for hydroxylation is 1. The first-order chi connectivity index (χ1) is 7.63. The van der Waals surface area contributed by atoms with Crippen LogP contribution < -0.4 is 5.73 Å². The topological polar surface area (TPSA) is 51.2 Å². The molecule has 4 heteroatoms. The van der Waals surface area contributed by atoms with Gasteiger partial charge in [0, 0.05) is 28.7 Å². The summed E-state index contributed by atoms with van der Waals surface area (Å²) in [6, 6.07) is 7.66. The van der Waals surface area contributed by atoms with Gasteiger partial charge < -0.3 is 15.4 Å². The van der Waals surface area contributed by atoms with Gasteiger partial charge in [0.25, 0.3) is 0 Å². The van der Waals surface area contributed by atoms with E-state index in [0.717, 1.165) is 16.6 Å². The number of aliphatic hydroxyl groups is 1. The van der Waals surface area contributed by atoms with E-state index in [9.17, 15) is 5.11 Å². The highest BCUT2D eigenvalue weighted by atomic mass is 35.5. The van der Waals surface area contributed by atoms with Crippen LogP contribution in [0.3, 0.4) is 0 Å². The number of nitrogens with two attached hydrogens (primary N) is 1. The first kappa shape index (κ1) is 11.5. The van der Waals surface area contributed by atoms with E-state index in [2.05, 4.69) is 0 Å². The Morgan fingerprint density at radius 1 is 1.44 bits per heavy atom. The zero-order valence-corrected chi connectivity index (χ0v) is 9.91. The summed E-state index contributed by atoms with van der Waals surface area (Å²) < 4.78 is 1.98. The minimum absolute atomic E-state index is 0.476. The van der Waals surface area contributed by atoms with Gasteiger partial charge in [0.05, 0.1) is 6.10 Å². The molecule has 0 aliphatic heterocycles. The third-order valence-corrected chi connectivity index (χ3v) is 3.06. The van der Waals surface area contributed by atoms with E-state index in [1.807, 2.05) is 35.9 Å². The second-order valence-electron chi connectivity index (χ2n) is 3.92. The molecule has 0 fully saturated rings. The lowest BCUT2D eigenvalue weighted by Gasteiger charge is -2.10. The quantitative estimate of drug-likeness (QED) is 0.862. The molecule has 0 aliphatic carbocycles. The van der Waals surface area contributed by atoms with Gasteiger partial charge in [0.15, 0.2) is 0 Å². The van der Waals surface area contributed by atoms with E-state index in [0.29, 0.717) is 18.0 Å². The Hall–Kier alpha value is -1.03. The molecule has 0 saturated heterocycles. The van der Waals surface area contributed by atoms with Gasteiger partial charge in [-0.05, 0) is 37.2 Å². The largest absolute Gasteiger partial charge is 0.387 e. The Balaban J connectivity index is 2.51. The number of nitrogens with zero attached hydrogens (tertiary/aromatic N) is 1. The van der Waals surface area contributed by atoms with Crippen LogP contribution >= 0.6 is 11.6 Å². The van der Waals surface area contributed by atoms with Gasteiger partial charge in [-0.25, -0.2) is 0 Å². The molecule has 2 rings (SSSR count). The lowest BCUT2D eigenvalue weighted by Crippen LogP contribution is -2.09. The van der Waals surface area contributed by atoms with Crippen molar-refractivity contribution in [3.05, 3.63) is 35.0 Å². The third-order valence-electron chi connectivity index (χ3n) is 2.82. The Morgan fingerprint density at radius 3 is 2.88 bits per heavy atom. The van der Waals surface area contributed by atoms with Crippen LogP contribution in [-0.2, 0) is 7.05 Å². The maximum absolute atomic E-state index is 9.94. The summed E-state index contributed by atoms with van der Waals surface area (Å²) >= 11 is 5.93. The predicted molar refractivity (Wildman–Crippen MR) is 66.6 cm³/mol. The molecule has 1 aromatic carbocycles. The van der Waals surface area contributed by atoms with Crippen LogP contribution in [0.15, 0.2) is 24.3 Å². The number of hydrogen-bond donors (Lipinski definition) is 2. The Morgan fingerprint density at radius 2 is 2.19 bits per heavy atom. The Bertz CT molecular complexity index is 507. The molecule has 86 valence electrons. The van der Waals surface area contributed by atoms with Gasteiger partial charge >= 0.3 is 0 Å². The van der Waals surface area contributed by atoms with Crippen molar-refractivity contribution in [3.8, 4) is 0 Å². The fraction of sp³-hybridized carbons (Fsp3) is 0.333. The molecule has 3 N–H and O–H groups in total. The van der Waals surface area contributed by atoms with Crippen molar-refractivity contribution in [2.24, 2.45) is 12.8 Å². The smallest absolute Gasteiger partial charge is 0.0952 e. The number of halogens is 1. The lowest BCUT2D eigenvalue weighted by atomic mass is 10.2. The summed E-state index contributed by atoms with van der Waals surface area (Å²) in [5.74, 6) is 0. The van der Waals surface area contributed by atoms with Crippen molar-refractivity contribution < 1.29 is 5.11 Å². The SMILES string of the molecule is Cn1c(C(O)CCN)cc2cc(Cl)ccc21. The molecule has 1 atom stereocenters. The molecule has 0 amide bonds. The van der Waals surface area contributed by atoms with Crippen molar-refractivity contribution in [3.63, 3.8) is 0 Å². The summed E-state index contributed by atoms with van der Waals surface area (Å²) in [5, 5.41) is 11.7. The molecule has 0 aliphatic rings. The summed E-state index contributed by atoms with van der Waals surface area (Å²) in [6.45, 7) is 0.476. The van der Waals surface area contributed by atoms with Crippen LogP contribution in [0.25, 0.3) is 10.9 Å². The fourth-order valence-electron chi connectivity index (χ4n) is 1.97. The van der Waals surface area contributed by atoms with E-state index in [1.165, 1.54) is 0 Å².